The summed E-state index contributed by atoms with van der Waals surface area (Å²) in [5, 5.41) is 7.07. The molecule has 0 radical (unpaired) electrons. The first kappa shape index (κ1) is 19.9. The summed E-state index contributed by atoms with van der Waals surface area (Å²) in [6.07, 6.45) is 0. The molecule has 1 aromatic heterocycles. The third kappa shape index (κ3) is 4.62. The van der Waals surface area contributed by atoms with Crippen LogP contribution in [0.5, 0.6) is 0 Å². The van der Waals surface area contributed by atoms with Crippen LogP contribution < -0.4 is 10.2 Å². The molecule has 30 heavy (non-hydrogen) atoms. The Morgan fingerprint density at radius 3 is 2.37 bits per heavy atom. The zero-order chi connectivity index (χ0) is 20.9. The van der Waals surface area contributed by atoms with Crippen LogP contribution >= 0.6 is 0 Å². The van der Waals surface area contributed by atoms with Crippen molar-refractivity contribution in [2.75, 3.05) is 31.1 Å². The second-order valence-electron chi connectivity index (χ2n) is 7.78. The fourth-order valence-electron chi connectivity index (χ4n) is 3.46. The lowest BCUT2D eigenvalue weighted by atomic mass is 10.1. The maximum atomic E-state index is 12.4. The van der Waals surface area contributed by atoms with Crippen LogP contribution in [0.3, 0.4) is 0 Å². The molecule has 0 bridgehead atoms. The minimum Gasteiger partial charge on any atom is -0.368 e. The molecule has 2 amide bonds. The number of urea groups is 1. The van der Waals surface area contributed by atoms with Crippen LogP contribution in [0.15, 0.2) is 59.1 Å². The van der Waals surface area contributed by atoms with Crippen LogP contribution in [0.4, 0.5) is 10.5 Å². The van der Waals surface area contributed by atoms with Gasteiger partial charge in [0.2, 0.25) is 11.7 Å². The van der Waals surface area contributed by atoms with Gasteiger partial charge < -0.3 is 19.6 Å². The van der Waals surface area contributed by atoms with Crippen LogP contribution in [0, 0.1) is 0 Å². The molecule has 156 valence electrons. The van der Waals surface area contributed by atoms with E-state index in [1.165, 1.54) is 0 Å². The smallest absolute Gasteiger partial charge is 0.317 e. The predicted octanol–water partition coefficient (Wildman–Crippen LogP) is 3.89. The molecule has 0 aliphatic carbocycles. The largest absolute Gasteiger partial charge is 0.368 e. The third-order valence-electron chi connectivity index (χ3n) is 5.28. The summed E-state index contributed by atoms with van der Waals surface area (Å²) in [5.41, 5.74) is 3.18. The van der Waals surface area contributed by atoms with Crippen LogP contribution in [0.25, 0.3) is 11.4 Å². The number of nitrogens with one attached hydrogen (secondary N) is 1. The molecule has 1 aliphatic rings. The number of rotatable bonds is 5. The number of anilines is 1. The second-order valence-corrected chi connectivity index (χ2v) is 7.78. The minimum absolute atomic E-state index is 0.00749. The molecule has 1 aliphatic heterocycles. The Bertz CT molecular complexity index is 961. The molecular formula is C23H27N5O2. The molecule has 2 heterocycles. The van der Waals surface area contributed by atoms with E-state index in [2.05, 4.69) is 32.5 Å². The highest BCUT2D eigenvalue weighted by Crippen LogP contribution is 2.23. The molecule has 0 atom stereocenters. The van der Waals surface area contributed by atoms with Crippen molar-refractivity contribution in [2.45, 2.75) is 26.3 Å². The molecule has 1 saturated heterocycles. The Labute approximate surface area is 176 Å². The maximum absolute atomic E-state index is 12.4. The number of nitrogens with zero attached hydrogens (tertiary/aromatic N) is 4. The molecular weight excluding hydrogens is 378 g/mol. The predicted molar refractivity (Wildman–Crippen MR) is 116 cm³/mol. The van der Waals surface area contributed by atoms with Gasteiger partial charge in [0.25, 0.3) is 0 Å². The van der Waals surface area contributed by atoms with E-state index in [-0.39, 0.29) is 11.9 Å². The molecule has 1 fully saturated rings. The van der Waals surface area contributed by atoms with Crippen molar-refractivity contribution in [3.05, 3.63) is 66.1 Å². The normalized spacial score (nSPS) is 14.2. The van der Waals surface area contributed by atoms with Gasteiger partial charge in [-0.15, -0.1) is 0 Å². The average molecular weight is 406 g/mol. The van der Waals surface area contributed by atoms with E-state index in [1.54, 1.807) is 0 Å². The molecule has 7 heteroatoms. The van der Waals surface area contributed by atoms with Gasteiger partial charge in [-0.1, -0.05) is 49.3 Å². The Balaban J connectivity index is 1.29. The highest BCUT2D eigenvalue weighted by atomic mass is 16.5. The van der Waals surface area contributed by atoms with Crippen molar-refractivity contribution in [2.24, 2.45) is 0 Å². The number of carbonyl (C=O) groups excluding carboxylic acids is 1. The Hall–Kier alpha value is -3.35. The molecule has 0 spiro atoms. The number of hydrogen-bond acceptors (Lipinski definition) is 5. The minimum atomic E-state index is -0.00749. The van der Waals surface area contributed by atoms with Gasteiger partial charge in [-0.2, -0.15) is 4.98 Å². The van der Waals surface area contributed by atoms with Crippen molar-refractivity contribution in [3.8, 4) is 11.4 Å². The summed E-state index contributed by atoms with van der Waals surface area (Å²) in [4.78, 5) is 21.1. The van der Waals surface area contributed by atoms with E-state index in [0.717, 1.165) is 29.9 Å². The zero-order valence-corrected chi connectivity index (χ0v) is 17.4. The highest BCUT2D eigenvalue weighted by Gasteiger charge is 2.21. The molecule has 4 rings (SSSR count). The topological polar surface area (TPSA) is 74.5 Å². The molecule has 3 aromatic rings. The monoisotopic (exact) mass is 405 g/mol. The summed E-state index contributed by atoms with van der Waals surface area (Å²) in [6, 6.07) is 18.1. The van der Waals surface area contributed by atoms with Crippen LogP contribution in [0.2, 0.25) is 0 Å². The summed E-state index contributed by atoms with van der Waals surface area (Å²) < 4.78 is 5.29. The number of hydrogen-bond donors (Lipinski definition) is 1. The summed E-state index contributed by atoms with van der Waals surface area (Å²) in [6.45, 7) is 7.62. The van der Waals surface area contributed by atoms with E-state index < -0.39 is 0 Å². The van der Waals surface area contributed by atoms with Gasteiger partial charge in [0.15, 0.2) is 0 Å². The van der Waals surface area contributed by atoms with Crippen molar-refractivity contribution in [1.82, 2.24) is 20.4 Å². The number of carbonyl (C=O) groups is 1. The Kier molecular flexibility index (Phi) is 5.97. The molecule has 1 N–H and O–H groups in total. The molecule has 0 unspecified atom stereocenters. The number of benzene rings is 2. The quantitative estimate of drug-likeness (QED) is 0.697. The van der Waals surface area contributed by atoms with E-state index in [4.69, 9.17) is 4.52 Å². The van der Waals surface area contributed by atoms with Crippen molar-refractivity contribution < 1.29 is 9.32 Å². The van der Waals surface area contributed by atoms with Crippen LogP contribution in [0.1, 0.15) is 31.2 Å². The lowest BCUT2D eigenvalue weighted by Crippen LogP contribution is -2.51. The molecule has 0 saturated carbocycles. The first-order chi connectivity index (χ1) is 14.6. The van der Waals surface area contributed by atoms with Gasteiger partial charge in [-0.25, -0.2) is 4.79 Å². The average Bonchev–Trinajstić information content (AvgIpc) is 3.29. The van der Waals surface area contributed by atoms with Crippen LogP contribution in [-0.4, -0.2) is 47.3 Å². The molecule has 7 nitrogen and oxygen atoms in total. The zero-order valence-electron chi connectivity index (χ0n) is 17.4. The summed E-state index contributed by atoms with van der Waals surface area (Å²) >= 11 is 0. The van der Waals surface area contributed by atoms with Gasteiger partial charge in [0.1, 0.15) is 0 Å². The SMILES string of the molecule is CC(C)c1nc(-c2ccc(N3CCN(C(=O)NCc4ccccc4)CC3)cc2)no1. The van der Waals surface area contributed by atoms with Gasteiger partial charge in [0, 0.05) is 49.9 Å². The van der Waals surface area contributed by atoms with Gasteiger partial charge in [0.05, 0.1) is 0 Å². The first-order valence-corrected chi connectivity index (χ1v) is 10.4. The van der Waals surface area contributed by atoms with Crippen molar-refractivity contribution in [1.29, 1.82) is 0 Å². The standard InChI is InChI=1S/C23H27N5O2/c1-17(2)22-25-21(26-30-22)19-8-10-20(11-9-19)27-12-14-28(15-13-27)23(29)24-16-18-6-4-3-5-7-18/h3-11,17H,12-16H2,1-2H3,(H,24,29). The van der Waals surface area contributed by atoms with E-state index in [0.29, 0.717) is 31.3 Å². The Morgan fingerprint density at radius 2 is 1.73 bits per heavy atom. The number of amides is 2. The first-order valence-electron chi connectivity index (χ1n) is 10.4. The van der Waals surface area contributed by atoms with E-state index in [9.17, 15) is 4.79 Å². The van der Waals surface area contributed by atoms with Crippen LogP contribution in [-0.2, 0) is 6.54 Å². The van der Waals surface area contributed by atoms with Gasteiger partial charge in [-0.05, 0) is 29.8 Å². The van der Waals surface area contributed by atoms with Gasteiger partial charge in [-0.3, -0.25) is 0 Å². The second kappa shape index (κ2) is 8.98. The fourth-order valence-corrected chi connectivity index (χ4v) is 3.46. The summed E-state index contributed by atoms with van der Waals surface area (Å²) in [5.74, 6) is 1.48. The number of aromatic nitrogens is 2. The fraction of sp³-hybridized carbons (Fsp3) is 0.348. The van der Waals surface area contributed by atoms with Gasteiger partial charge >= 0.3 is 6.03 Å². The van der Waals surface area contributed by atoms with Crippen molar-refractivity contribution in [3.63, 3.8) is 0 Å². The highest BCUT2D eigenvalue weighted by molar-refractivity contribution is 5.74. The third-order valence-corrected chi connectivity index (χ3v) is 5.28. The maximum Gasteiger partial charge on any atom is 0.317 e. The lowest BCUT2D eigenvalue weighted by molar-refractivity contribution is 0.194. The van der Waals surface area contributed by atoms with E-state index in [1.807, 2.05) is 61.2 Å². The van der Waals surface area contributed by atoms with Crippen molar-refractivity contribution >= 4 is 11.7 Å². The Morgan fingerprint density at radius 1 is 1.03 bits per heavy atom. The van der Waals surface area contributed by atoms with E-state index >= 15 is 0 Å². The number of piperazine rings is 1. The summed E-state index contributed by atoms with van der Waals surface area (Å²) in [7, 11) is 0. The lowest BCUT2D eigenvalue weighted by Gasteiger charge is -2.36. The molecule has 2 aromatic carbocycles.